The van der Waals surface area contributed by atoms with Gasteiger partial charge in [0.15, 0.2) is 0 Å². The molecule has 0 bridgehead atoms. The number of para-hydroxylation sites is 4. The van der Waals surface area contributed by atoms with E-state index in [2.05, 4.69) is 421 Å². The van der Waals surface area contributed by atoms with E-state index in [1.807, 2.05) is 6.07 Å². The van der Waals surface area contributed by atoms with Crippen molar-refractivity contribution in [1.29, 1.82) is 0 Å². The third-order valence-corrected chi connectivity index (χ3v) is 23.5. The van der Waals surface area contributed by atoms with Crippen molar-refractivity contribution in [1.82, 2.24) is 8.80 Å². The van der Waals surface area contributed by atoms with Gasteiger partial charge in [0.05, 0.1) is 33.1 Å². The van der Waals surface area contributed by atoms with Crippen molar-refractivity contribution >= 4 is 121 Å². The smallest absolute Gasteiger partial charge is 0.0620 e. The van der Waals surface area contributed by atoms with E-state index in [4.69, 9.17) is 0 Å². The van der Waals surface area contributed by atoms with Crippen molar-refractivity contribution < 1.29 is 0 Å². The number of nitrogens with zero attached hydrogens (tertiary/aromatic N) is 3. The van der Waals surface area contributed by atoms with E-state index < -0.39 is 0 Å². The minimum atomic E-state index is -0.0946. The third kappa shape index (κ3) is 10.5. The molecule has 0 aliphatic heterocycles. The largest absolute Gasteiger partial charge is 0.356 e. The summed E-state index contributed by atoms with van der Waals surface area (Å²) in [7, 11) is 0. The molecule has 0 atom stereocenters. The maximum Gasteiger partial charge on any atom is 0.0620 e. The van der Waals surface area contributed by atoms with E-state index in [0.717, 1.165) is 32.9 Å². The van der Waals surface area contributed by atoms with Crippen LogP contribution in [0.4, 0.5) is 28.4 Å². The van der Waals surface area contributed by atoms with Crippen LogP contribution in [0.25, 0.3) is 143 Å². The number of hydrogen-bond acceptors (Lipinski definition) is 2. The van der Waals surface area contributed by atoms with Crippen molar-refractivity contribution in [3.8, 4) is 66.8 Å². The molecule has 508 valence electrons. The topological polar surface area (TPSA) is 24.1 Å². The summed E-state index contributed by atoms with van der Waals surface area (Å²) in [5, 5.41) is 14.1. The molecular weight excluding hydrogens is 1360 g/mol. The Morgan fingerprint density at radius 2 is 0.607 bits per heavy atom. The number of fused-ring (bicyclic) bond motifs is 18. The van der Waals surface area contributed by atoms with Crippen LogP contribution in [0.5, 0.6) is 0 Å². The van der Waals surface area contributed by atoms with Gasteiger partial charge in [-0.05, 0) is 186 Å². The molecule has 22 rings (SSSR count). The monoisotopic (exact) mass is 1430 g/mol. The highest BCUT2D eigenvalue weighted by atomic mass is 79.9. The SMILES string of the molecule is Brc1cccc(-c2ccc3c4cccc5c6ccccc6n(c3c2)c54)c1.CC1(C)c2ccccc2-c2ccc(N(c3ccc(-c4ccccc4)cc3)c3cccc(-c4ccc5c6cccc7c8ccccc8n(c5c4)c76)c3)cc21.CC1(C)c2ccccc2-c2ccc(Nc3ccc(-c4ccccc4)cc3)cc21. The van der Waals surface area contributed by atoms with Gasteiger partial charge in [0.25, 0.3) is 0 Å². The van der Waals surface area contributed by atoms with Crippen LogP contribution in [0.15, 0.2) is 368 Å². The summed E-state index contributed by atoms with van der Waals surface area (Å²) >= 11 is 3.59. The Morgan fingerprint density at radius 1 is 0.243 bits per heavy atom. The summed E-state index contributed by atoms with van der Waals surface area (Å²) in [5.74, 6) is 0. The maximum absolute atomic E-state index is 3.59. The van der Waals surface area contributed by atoms with Crippen LogP contribution in [-0.2, 0) is 10.8 Å². The van der Waals surface area contributed by atoms with Gasteiger partial charge in [-0.1, -0.05) is 311 Å². The Labute approximate surface area is 631 Å². The molecule has 0 unspecified atom stereocenters. The molecule has 1 N–H and O–H groups in total. The Kier molecular flexibility index (Phi) is 15.1. The second-order valence-electron chi connectivity index (χ2n) is 29.8. The van der Waals surface area contributed by atoms with Crippen LogP contribution in [0, 0.1) is 0 Å². The van der Waals surface area contributed by atoms with Gasteiger partial charge in [0, 0.05) is 86.8 Å². The standard InChI is InChI=1S/C51H36N2.C27H23N.C24H14BrN/c1-51(2)46-20-8-6-16-40(46)41-29-27-39(32-47(41)51)52(37-25-22-34(23-26-37)33-12-4-3-5-13-33)38-15-10-14-35(30-38)36-24-28-43-45-19-11-18-44-42-17-7-9-21-48(42)53(50(44)45)49(43)31-36;1-27(2)25-11-7-6-10-23(25)24-17-16-22(18-26(24)27)28-21-14-12-20(13-15-21)19-8-4-3-5-9-19;25-17-6-3-5-15(13-17)16-11-12-19-21-9-4-8-20-18-7-1-2-10-22(18)26(24(20)21)23(19)14-16/h3-32H,1-2H3;3-18,28H,1-2H3;1-14H. The minimum Gasteiger partial charge on any atom is -0.356 e. The van der Waals surface area contributed by atoms with Crippen LogP contribution in [-0.4, -0.2) is 8.80 Å². The molecule has 4 nitrogen and oxygen atoms in total. The number of nitrogens with one attached hydrogen (secondary N) is 1. The zero-order valence-corrected chi connectivity index (χ0v) is 61.4. The first-order valence-electron chi connectivity index (χ1n) is 37.1. The normalized spacial score (nSPS) is 13.1. The summed E-state index contributed by atoms with van der Waals surface area (Å²) < 4.78 is 6.00. The number of anilines is 5. The average Bonchev–Trinajstić information content (AvgIpc) is 1.54. The van der Waals surface area contributed by atoms with Gasteiger partial charge in [0.2, 0.25) is 0 Å². The van der Waals surface area contributed by atoms with Gasteiger partial charge in [0.1, 0.15) is 0 Å². The summed E-state index contributed by atoms with van der Waals surface area (Å²) in [5.41, 5.74) is 34.0. The zero-order chi connectivity index (χ0) is 71.7. The predicted molar refractivity (Wildman–Crippen MR) is 458 cm³/mol. The summed E-state index contributed by atoms with van der Waals surface area (Å²) in [6.07, 6.45) is 0. The highest BCUT2D eigenvalue weighted by Crippen LogP contribution is 2.53. The molecule has 16 aromatic carbocycles. The second kappa shape index (κ2) is 25.2. The quantitative estimate of drug-likeness (QED) is 0.156. The van der Waals surface area contributed by atoms with Crippen molar-refractivity contribution in [2.45, 2.75) is 38.5 Å². The number of aromatic nitrogens is 2. The lowest BCUT2D eigenvalue weighted by Gasteiger charge is -2.28. The van der Waals surface area contributed by atoms with E-state index in [0.29, 0.717) is 0 Å². The molecule has 20 aromatic rings. The van der Waals surface area contributed by atoms with Gasteiger partial charge in [-0.15, -0.1) is 0 Å². The Balaban J connectivity index is 0.000000117. The molecule has 0 saturated heterocycles. The molecule has 5 heteroatoms. The average molecular weight is 1430 g/mol. The van der Waals surface area contributed by atoms with Crippen LogP contribution in [0.2, 0.25) is 0 Å². The lowest BCUT2D eigenvalue weighted by atomic mass is 9.82. The van der Waals surface area contributed by atoms with Gasteiger partial charge >= 0.3 is 0 Å². The highest BCUT2D eigenvalue weighted by Gasteiger charge is 2.37. The third-order valence-electron chi connectivity index (χ3n) is 23.0. The van der Waals surface area contributed by atoms with Crippen molar-refractivity contribution in [2.24, 2.45) is 0 Å². The fourth-order valence-electron chi connectivity index (χ4n) is 17.8. The molecule has 0 radical (unpaired) electrons. The first kappa shape index (κ1) is 63.9. The molecule has 107 heavy (non-hydrogen) atoms. The van der Waals surface area contributed by atoms with Gasteiger partial charge < -0.3 is 19.0 Å². The Hall–Kier alpha value is -12.8. The molecule has 0 amide bonds. The van der Waals surface area contributed by atoms with Crippen LogP contribution >= 0.6 is 15.9 Å². The van der Waals surface area contributed by atoms with Crippen LogP contribution in [0.3, 0.4) is 0 Å². The van der Waals surface area contributed by atoms with Crippen molar-refractivity contribution in [3.05, 3.63) is 391 Å². The summed E-state index contributed by atoms with van der Waals surface area (Å²) in [6, 6.07) is 132. The molecule has 0 saturated carbocycles. The van der Waals surface area contributed by atoms with Crippen molar-refractivity contribution in [2.75, 3.05) is 10.2 Å². The molecule has 4 heterocycles. The molecule has 2 aliphatic carbocycles. The molecule has 0 fully saturated rings. The second-order valence-corrected chi connectivity index (χ2v) is 30.7. The first-order chi connectivity index (χ1) is 52.5. The fraction of sp³-hybridized carbons (Fsp3) is 0.0588. The summed E-state index contributed by atoms with van der Waals surface area (Å²) in [4.78, 5) is 2.42. The van der Waals surface area contributed by atoms with Gasteiger partial charge in [-0.3, -0.25) is 0 Å². The Morgan fingerprint density at radius 3 is 1.15 bits per heavy atom. The Bertz CT molecular complexity index is 6840. The van der Waals surface area contributed by atoms with E-state index in [1.54, 1.807) is 0 Å². The highest BCUT2D eigenvalue weighted by molar-refractivity contribution is 9.10. The predicted octanol–water partition coefficient (Wildman–Crippen LogP) is 28.6. The number of benzene rings is 16. The molecule has 4 aromatic heterocycles. The number of hydrogen-bond donors (Lipinski definition) is 1. The van der Waals surface area contributed by atoms with Crippen LogP contribution in [0.1, 0.15) is 49.9 Å². The van der Waals surface area contributed by atoms with Crippen molar-refractivity contribution in [3.63, 3.8) is 0 Å². The minimum absolute atomic E-state index is 0.0286. The number of halogens is 1. The van der Waals surface area contributed by atoms with E-state index >= 15 is 0 Å². The van der Waals surface area contributed by atoms with E-state index in [9.17, 15) is 0 Å². The molecule has 2 aliphatic rings. The van der Waals surface area contributed by atoms with Gasteiger partial charge in [-0.25, -0.2) is 0 Å². The number of rotatable bonds is 9. The van der Waals surface area contributed by atoms with E-state index in [-0.39, 0.29) is 10.8 Å². The van der Waals surface area contributed by atoms with Crippen LogP contribution < -0.4 is 10.2 Å². The fourth-order valence-corrected chi connectivity index (χ4v) is 18.1. The van der Waals surface area contributed by atoms with Gasteiger partial charge in [-0.2, -0.15) is 0 Å². The zero-order valence-electron chi connectivity index (χ0n) is 59.9. The first-order valence-corrected chi connectivity index (χ1v) is 37.9. The lowest BCUT2D eigenvalue weighted by molar-refractivity contribution is 0.660. The summed E-state index contributed by atoms with van der Waals surface area (Å²) in [6.45, 7) is 9.34. The molecular formula is C102H73BrN4. The maximum atomic E-state index is 3.59. The van der Waals surface area contributed by atoms with E-state index in [1.165, 1.54) is 165 Å². The lowest BCUT2D eigenvalue weighted by Crippen LogP contribution is -2.16. The molecule has 0 spiro atoms.